The Morgan fingerprint density at radius 1 is 1.00 bits per heavy atom. The number of hydrogen-bond acceptors (Lipinski definition) is 8. The van der Waals surface area contributed by atoms with Crippen LogP contribution in [0.5, 0.6) is 5.75 Å². The Kier molecular flexibility index (Phi) is 13.0. The topological polar surface area (TPSA) is 101 Å². The van der Waals surface area contributed by atoms with E-state index in [4.69, 9.17) is 35.3 Å². The minimum absolute atomic E-state index is 0.00620. The number of esters is 2. The van der Waals surface area contributed by atoms with Gasteiger partial charge in [0, 0.05) is 24.6 Å². The first-order chi connectivity index (χ1) is 16.9. The van der Waals surface area contributed by atoms with Crippen molar-refractivity contribution in [3.63, 3.8) is 0 Å². The molecule has 0 bridgehead atoms. The van der Waals surface area contributed by atoms with Gasteiger partial charge >= 0.3 is 18.0 Å². The van der Waals surface area contributed by atoms with Crippen LogP contribution in [0.1, 0.15) is 59.9 Å². The van der Waals surface area contributed by atoms with Gasteiger partial charge in [0.2, 0.25) is 5.54 Å². The van der Waals surface area contributed by atoms with Gasteiger partial charge in [-0.25, -0.2) is 14.4 Å². The van der Waals surface area contributed by atoms with Crippen LogP contribution in [-0.2, 0) is 35.1 Å². The van der Waals surface area contributed by atoms with Crippen LogP contribution in [-0.4, -0.2) is 67.6 Å². The van der Waals surface area contributed by atoms with E-state index >= 15 is 0 Å². The minimum atomic E-state index is -2.08. The lowest BCUT2D eigenvalue weighted by molar-refractivity contribution is -0.175. The van der Waals surface area contributed by atoms with Gasteiger partial charge in [-0.05, 0) is 58.7 Å². The Morgan fingerprint density at radius 2 is 1.58 bits per heavy atom. The van der Waals surface area contributed by atoms with E-state index in [2.05, 4.69) is 15.9 Å². The molecule has 9 nitrogen and oxygen atoms in total. The molecule has 1 rings (SSSR count). The summed E-state index contributed by atoms with van der Waals surface area (Å²) in [5, 5.41) is 0.351. The van der Waals surface area contributed by atoms with Gasteiger partial charge in [0.15, 0.2) is 0 Å². The molecular formula is C25H37BrClNO8. The number of hydrogen-bond donors (Lipinski definition) is 0. The third-order valence-electron chi connectivity index (χ3n) is 4.99. The molecule has 0 N–H and O–H groups in total. The van der Waals surface area contributed by atoms with Gasteiger partial charge < -0.3 is 23.7 Å². The highest BCUT2D eigenvalue weighted by Crippen LogP contribution is 2.35. The molecule has 0 aliphatic carbocycles. The number of carbonyl (C=O) groups excluding carboxylic acids is 3. The second kappa shape index (κ2) is 14.6. The van der Waals surface area contributed by atoms with Crippen molar-refractivity contribution in [3.8, 4) is 5.75 Å². The maximum absolute atomic E-state index is 13.5. The van der Waals surface area contributed by atoms with Gasteiger partial charge in [0.25, 0.3) is 0 Å². The maximum Gasteiger partial charge on any atom is 0.412 e. The summed E-state index contributed by atoms with van der Waals surface area (Å²) in [7, 11) is 1.60. The summed E-state index contributed by atoms with van der Waals surface area (Å²) >= 11 is 9.83. The van der Waals surface area contributed by atoms with Gasteiger partial charge in [0.05, 0.1) is 31.4 Å². The Bertz CT molecular complexity index is 885. The Hall–Kier alpha value is -2.04. The number of halogens is 2. The number of rotatable bonds is 13. The molecule has 36 heavy (non-hydrogen) atoms. The van der Waals surface area contributed by atoms with Crippen LogP contribution in [0.4, 0.5) is 4.79 Å². The fourth-order valence-electron chi connectivity index (χ4n) is 3.32. The summed E-state index contributed by atoms with van der Waals surface area (Å²) in [6, 6.07) is 3.27. The third kappa shape index (κ3) is 8.52. The molecule has 1 aromatic carbocycles. The SMILES string of the molecule is CCOC(=O)C(CC)(C(=O)OCC)N(Cc1cc(OCCCOC)c(Cl)cc1Br)C(=O)OC(C)(C)C. The highest BCUT2D eigenvalue weighted by molar-refractivity contribution is 9.10. The largest absolute Gasteiger partial charge is 0.492 e. The fourth-order valence-corrected chi connectivity index (χ4v) is 4.13. The first kappa shape index (κ1) is 32.0. The second-order valence-electron chi connectivity index (χ2n) is 8.79. The Morgan fingerprint density at radius 3 is 2.06 bits per heavy atom. The molecule has 0 aliphatic rings. The zero-order valence-corrected chi connectivity index (χ0v) is 24.4. The summed E-state index contributed by atoms with van der Waals surface area (Å²) in [5.41, 5.74) is -2.45. The van der Waals surface area contributed by atoms with E-state index in [1.54, 1.807) is 60.8 Å². The van der Waals surface area contributed by atoms with Gasteiger partial charge in [0.1, 0.15) is 11.4 Å². The molecule has 204 valence electrons. The molecule has 0 spiro atoms. The molecule has 0 heterocycles. The molecule has 1 amide bonds. The Balaban J connectivity index is 3.63. The van der Waals surface area contributed by atoms with Crippen LogP contribution in [0, 0.1) is 0 Å². The number of methoxy groups -OCH3 is 1. The van der Waals surface area contributed by atoms with E-state index < -0.39 is 29.2 Å². The quantitative estimate of drug-likeness (QED) is 0.127. The lowest BCUT2D eigenvalue weighted by atomic mass is 9.93. The van der Waals surface area contributed by atoms with Crippen molar-refractivity contribution in [2.45, 2.75) is 72.1 Å². The average Bonchev–Trinajstić information content (AvgIpc) is 2.78. The van der Waals surface area contributed by atoms with Crippen LogP contribution in [0.25, 0.3) is 0 Å². The minimum Gasteiger partial charge on any atom is -0.492 e. The average molecular weight is 595 g/mol. The van der Waals surface area contributed by atoms with Crippen molar-refractivity contribution in [2.24, 2.45) is 0 Å². The number of amides is 1. The highest BCUT2D eigenvalue weighted by atomic mass is 79.9. The van der Waals surface area contributed by atoms with Crippen molar-refractivity contribution < 1.29 is 38.1 Å². The summed E-state index contributed by atoms with van der Waals surface area (Å²) in [6.07, 6.45) is -0.336. The zero-order chi connectivity index (χ0) is 27.5. The first-order valence-electron chi connectivity index (χ1n) is 11.8. The van der Waals surface area contributed by atoms with Crippen LogP contribution < -0.4 is 4.74 Å². The lowest BCUT2D eigenvalue weighted by Crippen LogP contribution is -2.63. The molecule has 0 saturated heterocycles. The molecule has 0 aliphatic heterocycles. The fraction of sp³-hybridized carbons (Fsp3) is 0.640. The van der Waals surface area contributed by atoms with Crippen LogP contribution in [0.2, 0.25) is 5.02 Å². The smallest absolute Gasteiger partial charge is 0.412 e. The summed E-state index contributed by atoms with van der Waals surface area (Å²) in [4.78, 5) is 41.1. The normalized spacial score (nSPS) is 11.6. The van der Waals surface area contributed by atoms with Gasteiger partial charge in [-0.3, -0.25) is 4.90 Å². The zero-order valence-electron chi connectivity index (χ0n) is 22.1. The van der Waals surface area contributed by atoms with Crippen molar-refractivity contribution >= 4 is 45.6 Å². The standard InChI is InChI=1S/C25H37BrClNO8/c1-8-25(21(29)33-9-2,22(30)34-10-3)28(23(31)36-24(4,5)6)16-17-14-20(19(27)15-18(17)26)35-13-11-12-32-7/h14-15H,8-13,16H2,1-7H3. The summed E-state index contributed by atoms with van der Waals surface area (Å²) < 4.78 is 27.5. The van der Waals surface area contributed by atoms with Crippen LogP contribution in [0.3, 0.4) is 0 Å². The molecule has 0 saturated carbocycles. The molecule has 1 aromatic rings. The van der Waals surface area contributed by atoms with Crippen molar-refractivity contribution in [3.05, 3.63) is 27.2 Å². The van der Waals surface area contributed by atoms with E-state index in [0.29, 0.717) is 40.4 Å². The third-order valence-corrected chi connectivity index (χ3v) is 6.03. The van der Waals surface area contributed by atoms with Crippen molar-refractivity contribution in [2.75, 3.05) is 33.5 Å². The maximum atomic E-state index is 13.5. The van der Waals surface area contributed by atoms with Gasteiger partial charge in [-0.2, -0.15) is 0 Å². The predicted octanol–water partition coefficient (Wildman–Crippen LogP) is 5.53. The number of nitrogens with zero attached hydrogens (tertiary/aromatic N) is 1. The molecule has 11 heteroatoms. The predicted molar refractivity (Wildman–Crippen MR) is 139 cm³/mol. The number of benzene rings is 1. The molecule has 0 aromatic heterocycles. The van der Waals surface area contributed by atoms with E-state index in [1.165, 1.54) is 0 Å². The second-order valence-corrected chi connectivity index (χ2v) is 10.1. The van der Waals surface area contributed by atoms with Gasteiger partial charge in [-0.1, -0.05) is 34.5 Å². The number of ether oxygens (including phenoxy) is 5. The van der Waals surface area contributed by atoms with Crippen molar-refractivity contribution in [1.29, 1.82) is 0 Å². The van der Waals surface area contributed by atoms with Crippen molar-refractivity contribution in [1.82, 2.24) is 4.90 Å². The van der Waals surface area contributed by atoms with E-state index in [0.717, 1.165) is 4.90 Å². The molecular weight excluding hydrogens is 558 g/mol. The molecule has 0 radical (unpaired) electrons. The first-order valence-corrected chi connectivity index (χ1v) is 13.0. The van der Waals surface area contributed by atoms with E-state index in [1.807, 2.05) is 0 Å². The van der Waals surface area contributed by atoms with Crippen LogP contribution >= 0.6 is 27.5 Å². The van der Waals surface area contributed by atoms with Crippen LogP contribution in [0.15, 0.2) is 16.6 Å². The lowest BCUT2D eigenvalue weighted by Gasteiger charge is -2.39. The molecule has 0 unspecified atom stereocenters. The highest BCUT2D eigenvalue weighted by Gasteiger charge is 2.55. The van der Waals surface area contributed by atoms with E-state index in [9.17, 15) is 14.4 Å². The Labute approximate surface area is 226 Å². The monoisotopic (exact) mass is 593 g/mol. The number of carbonyl (C=O) groups is 3. The summed E-state index contributed by atoms with van der Waals surface area (Å²) in [5.74, 6) is -1.43. The van der Waals surface area contributed by atoms with E-state index in [-0.39, 0.29) is 26.2 Å². The van der Waals surface area contributed by atoms with Gasteiger partial charge in [-0.15, -0.1) is 0 Å². The molecule has 0 atom stereocenters. The molecule has 0 fully saturated rings. The summed E-state index contributed by atoms with van der Waals surface area (Å²) in [6.45, 7) is 10.6.